The van der Waals surface area contributed by atoms with Crippen molar-refractivity contribution >= 4 is 11.6 Å². The van der Waals surface area contributed by atoms with Gasteiger partial charge in [-0.1, -0.05) is 26.0 Å². The second-order valence-electron chi connectivity index (χ2n) is 5.23. The second-order valence-corrected chi connectivity index (χ2v) is 5.23. The van der Waals surface area contributed by atoms with Crippen LogP contribution in [-0.4, -0.2) is 22.8 Å². The highest BCUT2D eigenvalue weighted by atomic mass is 16.5. The number of nitrogens with one attached hydrogen (secondary N) is 1. The van der Waals surface area contributed by atoms with E-state index in [0.29, 0.717) is 12.5 Å². The number of aromatic nitrogens is 2. The standard InChI is InChI=1S/C17H25N5O/c1-5-13-12(15(6-2)22(3)21-13)11-19-17(18)20-14-9-7-8-10-16(14)23-4/h7-10H,5-6,11H2,1-4H3,(H3,18,19,20). The van der Waals surface area contributed by atoms with E-state index >= 15 is 0 Å². The normalized spacial score (nSPS) is 11.6. The summed E-state index contributed by atoms with van der Waals surface area (Å²) in [6.45, 7) is 4.75. The number of methoxy groups -OCH3 is 1. The highest BCUT2D eigenvalue weighted by Crippen LogP contribution is 2.23. The largest absolute Gasteiger partial charge is 0.495 e. The maximum Gasteiger partial charge on any atom is 0.193 e. The molecular formula is C17H25N5O. The highest BCUT2D eigenvalue weighted by Gasteiger charge is 2.13. The minimum Gasteiger partial charge on any atom is -0.495 e. The van der Waals surface area contributed by atoms with Crippen LogP contribution in [0.2, 0.25) is 0 Å². The Kier molecular flexibility index (Phi) is 5.62. The lowest BCUT2D eigenvalue weighted by Gasteiger charge is -2.10. The summed E-state index contributed by atoms with van der Waals surface area (Å²) >= 11 is 0. The van der Waals surface area contributed by atoms with Crippen molar-refractivity contribution in [2.75, 3.05) is 12.4 Å². The van der Waals surface area contributed by atoms with E-state index in [1.54, 1.807) is 7.11 Å². The summed E-state index contributed by atoms with van der Waals surface area (Å²) in [6.07, 6.45) is 1.81. The van der Waals surface area contributed by atoms with Crippen molar-refractivity contribution in [1.82, 2.24) is 9.78 Å². The third-order valence-corrected chi connectivity index (χ3v) is 3.81. The molecule has 2 rings (SSSR count). The number of guanidine groups is 1. The number of rotatable bonds is 6. The van der Waals surface area contributed by atoms with Crippen molar-refractivity contribution in [1.29, 1.82) is 0 Å². The molecule has 1 aromatic carbocycles. The molecule has 0 saturated heterocycles. The van der Waals surface area contributed by atoms with E-state index in [1.807, 2.05) is 36.0 Å². The van der Waals surface area contributed by atoms with Crippen LogP contribution in [0.5, 0.6) is 5.75 Å². The average molecular weight is 315 g/mol. The molecule has 1 aromatic heterocycles. The number of aryl methyl sites for hydroxylation is 2. The first-order chi connectivity index (χ1) is 11.1. The SMILES string of the molecule is CCc1nn(C)c(CC)c1CN=C(N)Nc1ccccc1OC. The minimum atomic E-state index is 0.363. The van der Waals surface area contributed by atoms with Gasteiger partial charge < -0.3 is 15.8 Å². The van der Waals surface area contributed by atoms with E-state index in [-0.39, 0.29) is 0 Å². The topological polar surface area (TPSA) is 77.5 Å². The molecule has 0 fully saturated rings. The van der Waals surface area contributed by atoms with Crippen LogP contribution in [0.25, 0.3) is 0 Å². The Morgan fingerprint density at radius 1 is 1.30 bits per heavy atom. The van der Waals surface area contributed by atoms with Gasteiger partial charge in [-0.25, -0.2) is 4.99 Å². The van der Waals surface area contributed by atoms with E-state index in [1.165, 1.54) is 11.3 Å². The van der Waals surface area contributed by atoms with Crippen LogP contribution in [0.4, 0.5) is 5.69 Å². The number of nitrogens with two attached hydrogens (primary N) is 1. The maximum atomic E-state index is 6.02. The fraction of sp³-hybridized carbons (Fsp3) is 0.412. The zero-order valence-corrected chi connectivity index (χ0v) is 14.3. The number of ether oxygens (including phenoxy) is 1. The zero-order valence-electron chi connectivity index (χ0n) is 14.3. The number of para-hydroxylation sites is 2. The third kappa shape index (κ3) is 3.83. The number of hydrogen-bond acceptors (Lipinski definition) is 3. The molecule has 0 aliphatic carbocycles. The van der Waals surface area contributed by atoms with Gasteiger partial charge in [0.1, 0.15) is 5.75 Å². The molecule has 124 valence electrons. The van der Waals surface area contributed by atoms with Gasteiger partial charge in [0.2, 0.25) is 0 Å². The Labute approximate surface area is 137 Å². The van der Waals surface area contributed by atoms with Gasteiger partial charge in [0, 0.05) is 18.3 Å². The molecule has 0 amide bonds. The van der Waals surface area contributed by atoms with Gasteiger partial charge in [0.05, 0.1) is 25.0 Å². The summed E-state index contributed by atoms with van der Waals surface area (Å²) in [5.74, 6) is 1.10. The number of aliphatic imine (C=N–C) groups is 1. The van der Waals surface area contributed by atoms with Gasteiger partial charge in [0.25, 0.3) is 0 Å². The van der Waals surface area contributed by atoms with Crippen LogP contribution in [0.1, 0.15) is 30.8 Å². The average Bonchev–Trinajstić information content (AvgIpc) is 2.88. The first-order valence-corrected chi connectivity index (χ1v) is 7.84. The van der Waals surface area contributed by atoms with Crippen molar-refractivity contribution < 1.29 is 4.74 Å². The summed E-state index contributed by atoms with van der Waals surface area (Å²) in [6, 6.07) is 7.61. The Bertz CT molecular complexity index is 690. The van der Waals surface area contributed by atoms with Gasteiger partial charge in [-0.05, 0) is 25.0 Å². The predicted molar refractivity (Wildman–Crippen MR) is 93.9 cm³/mol. The Balaban J connectivity index is 2.17. The van der Waals surface area contributed by atoms with Crippen molar-refractivity contribution in [3.05, 3.63) is 41.2 Å². The molecule has 0 bridgehead atoms. The molecule has 0 radical (unpaired) electrons. The van der Waals surface area contributed by atoms with E-state index in [0.717, 1.165) is 30.0 Å². The lowest BCUT2D eigenvalue weighted by atomic mass is 10.1. The van der Waals surface area contributed by atoms with Crippen molar-refractivity contribution in [2.24, 2.45) is 17.8 Å². The highest BCUT2D eigenvalue weighted by molar-refractivity contribution is 5.93. The molecule has 2 aromatic rings. The van der Waals surface area contributed by atoms with Crippen LogP contribution in [0.15, 0.2) is 29.3 Å². The molecular weight excluding hydrogens is 290 g/mol. The van der Waals surface area contributed by atoms with E-state index < -0.39 is 0 Å². The minimum absolute atomic E-state index is 0.363. The molecule has 0 atom stereocenters. The zero-order chi connectivity index (χ0) is 16.8. The molecule has 1 heterocycles. The van der Waals surface area contributed by atoms with Gasteiger partial charge >= 0.3 is 0 Å². The molecule has 6 nitrogen and oxygen atoms in total. The quantitative estimate of drug-likeness (QED) is 0.634. The monoisotopic (exact) mass is 315 g/mol. The molecule has 0 aliphatic heterocycles. The molecule has 23 heavy (non-hydrogen) atoms. The summed E-state index contributed by atoms with van der Waals surface area (Å²) in [5.41, 5.74) is 10.3. The maximum absolute atomic E-state index is 6.02. The van der Waals surface area contributed by atoms with Crippen LogP contribution >= 0.6 is 0 Å². The van der Waals surface area contributed by atoms with Crippen LogP contribution in [0, 0.1) is 0 Å². The Hall–Kier alpha value is -2.50. The Morgan fingerprint density at radius 2 is 2.04 bits per heavy atom. The molecule has 0 unspecified atom stereocenters. The van der Waals surface area contributed by atoms with Crippen LogP contribution in [-0.2, 0) is 26.4 Å². The number of nitrogens with zero attached hydrogens (tertiary/aromatic N) is 3. The third-order valence-electron chi connectivity index (χ3n) is 3.81. The smallest absolute Gasteiger partial charge is 0.193 e. The van der Waals surface area contributed by atoms with Crippen LogP contribution in [0.3, 0.4) is 0 Å². The molecule has 0 aliphatic rings. The first kappa shape index (κ1) is 16.9. The van der Waals surface area contributed by atoms with Crippen molar-refractivity contribution in [3.8, 4) is 5.75 Å². The fourth-order valence-electron chi connectivity index (χ4n) is 2.66. The molecule has 0 saturated carbocycles. The Morgan fingerprint density at radius 3 is 2.70 bits per heavy atom. The van der Waals surface area contributed by atoms with Crippen molar-refractivity contribution in [3.63, 3.8) is 0 Å². The van der Waals surface area contributed by atoms with Gasteiger partial charge in [-0.3, -0.25) is 4.68 Å². The molecule has 3 N–H and O–H groups in total. The van der Waals surface area contributed by atoms with Gasteiger partial charge in [-0.2, -0.15) is 5.10 Å². The van der Waals surface area contributed by atoms with E-state index in [2.05, 4.69) is 29.3 Å². The van der Waals surface area contributed by atoms with Crippen LogP contribution < -0.4 is 15.8 Å². The van der Waals surface area contributed by atoms with Crippen molar-refractivity contribution in [2.45, 2.75) is 33.2 Å². The van der Waals surface area contributed by atoms with E-state index in [4.69, 9.17) is 10.5 Å². The number of anilines is 1. The number of hydrogen-bond donors (Lipinski definition) is 2. The van der Waals surface area contributed by atoms with E-state index in [9.17, 15) is 0 Å². The second kappa shape index (κ2) is 7.67. The molecule has 6 heteroatoms. The first-order valence-electron chi connectivity index (χ1n) is 7.84. The summed E-state index contributed by atoms with van der Waals surface area (Å²) in [7, 11) is 3.60. The van der Waals surface area contributed by atoms with Gasteiger partial charge in [-0.15, -0.1) is 0 Å². The number of benzene rings is 1. The lowest BCUT2D eigenvalue weighted by Crippen LogP contribution is -2.23. The summed E-state index contributed by atoms with van der Waals surface area (Å²) in [4.78, 5) is 4.47. The predicted octanol–water partition coefficient (Wildman–Crippen LogP) is 2.48. The summed E-state index contributed by atoms with van der Waals surface area (Å²) < 4.78 is 7.24. The summed E-state index contributed by atoms with van der Waals surface area (Å²) in [5, 5.41) is 7.64. The lowest BCUT2D eigenvalue weighted by molar-refractivity contribution is 0.417. The molecule has 0 spiro atoms. The van der Waals surface area contributed by atoms with Gasteiger partial charge in [0.15, 0.2) is 5.96 Å². The fourth-order valence-corrected chi connectivity index (χ4v) is 2.66.